The van der Waals surface area contributed by atoms with Crippen molar-refractivity contribution in [1.82, 2.24) is 4.90 Å². The topological polar surface area (TPSA) is 77.8 Å². The number of hydrogen-bond donors (Lipinski definition) is 2. The van der Waals surface area contributed by atoms with Crippen molar-refractivity contribution in [2.24, 2.45) is 10.2 Å². The summed E-state index contributed by atoms with van der Waals surface area (Å²) in [4.78, 5) is 1.82. The van der Waals surface area contributed by atoms with Crippen LogP contribution in [0.3, 0.4) is 0 Å². The standard InChI is InChI=1S/C11H17N5/c1-3-16(4-2)11(13)15-14-10-7-5-9(12)6-8-10/h5-8,13H,3-4,12H2,1-2H3. The lowest BCUT2D eigenvalue weighted by molar-refractivity contribution is 0.455. The van der Waals surface area contributed by atoms with Gasteiger partial charge in [0, 0.05) is 18.8 Å². The van der Waals surface area contributed by atoms with Crippen LogP contribution >= 0.6 is 0 Å². The monoisotopic (exact) mass is 219 g/mol. The molecule has 0 radical (unpaired) electrons. The minimum absolute atomic E-state index is 0.182. The fourth-order valence-electron chi connectivity index (χ4n) is 1.23. The van der Waals surface area contributed by atoms with Gasteiger partial charge in [-0.2, -0.15) is 0 Å². The Morgan fingerprint density at radius 1 is 1.25 bits per heavy atom. The summed E-state index contributed by atoms with van der Waals surface area (Å²) in [5.41, 5.74) is 6.94. The molecule has 1 aromatic carbocycles. The van der Waals surface area contributed by atoms with Crippen molar-refractivity contribution in [3.63, 3.8) is 0 Å². The van der Waals surface area contributed by atoms with Crippen molar-refractivity contribution >= 4 is 17.3 Å². The Morgan fingerprint density at radius 3 is 2.31 bits per heavy atom. The summed E-state index contributed by atoms with van der Waals surface area (Å²) in [6, 6.07) is 7.06. The van der Waals surface area contributed by atoms with Crippen LogP contribution in [-0.4, -0.2) is 23.9 Å². The van der Waals surface area contributed by atoms with Crippen LogP contribution in [-0.2, 0) is 0 Å². The average Bonchev–Trinajstić information content (AvgIpc) is 2.30. The van der Waals surface area contributed by atoms with Gasteiger partial charge in [-0.3, -0.25) is 5.41 Å². The maximum atomic E-state index is 7.68. The summed E-state index contributed by atoms with van der Waals surface area (Å²) < 4.78 is 0. The highest BCUT2D eigenvalue weighted by atomic mass is 15.3. The van der Waals surface area contributed by atoms with Gasteiger partial charge in [0.05, 0.1) is 5.69 Å². The molecule has 0 aliphatic carbocycles. The molecule has 0 aromatic heterocycles. The van der Waals surface area contributed by atoms with E-state index in [2.05, 4.69) is 10.2 Å². The minimum atomic E-state index is 0.182. The van der Waals surface area contributed by atoms with E-state index >= 15 is 0 Å². The third kappa shape index (κ3) is 3.34. The van der Waals surface area contributed by atoms with Crippen LogP contribution in [0.1, 0.15) is 13.8 Å². The molecule has 0 atom stereocenters. The van der Waals surface area contributed by atoms with Crippen molar-refractivity contribution < 1.29 is 0 Å². The van der Waals surface area contributed by atoms with Gasteiger partial charge in [-0.15, -0.1) is 10.2 Å². The van der Waals surface area contributed by atoms with Gasteiger partial charge < -0.3 is 10.6 Å². The molecule has 0 saturated heterocycles. The van der Waals surface area contributed by atoms with E-state index < -0.39 is 0 Å². The zero-order valence-corrected chi connectivity index (χ0v) is 9.64. The highest BCUT2D eigenvalue weighted by Gasteiger charge is 2.02. The number of hydrogen-bond acceptors (Lipinski definition) is 3. The number of nitrogens with one attached hydrogen (secondary N) is 1. The van der Waals surface area contributed by atoms with Gasteiger partial charge in [-0.25, -0.2) is 0 Å². The molecule has 0 amide bonds. The summed E-state index contributed by atoms with van der Waals surface area (Å²) in [6.45, 7) is 5.49. The van der Waals surface area contributed by atoms with E-state index in [1.54, 1.807) is 24.3 Å². The van der Waals surface area contributed by atoms with E-state index in [9.17, 15) is 0 Å². The molecule has 0 unspecified atom stereocenters. The Hall–Kier alpha value is -1.91. The Bertz CT molecular complexity index is 364. The van der Waals surface area contributed by atoms with Crippen molar-refractivity contribution in [1.29, 1.82) is 5.41 Å². The molecule has 5 heteroatoms. The third-order valence-electron chi connectivity index (χ3n) is 2.22. The van der Waals surface area contributed by atoms with Crippen LogP contribution in [0.2, 0.25) is 0 Å². The molecule has 0 spiro atoms. The maximum Gasteiger partial charge on any atom is 0.237 e. The highest BCUT2D eigenvalue weighted by Crippen LogP contribution is 2.14. The van der Waals surface area contributed by atoms with E-state index in [0.29, 0.717) is 11.4 Å². The Kier molecular flexibility index (Phi) is 4.44. The first-order valence-corrected chi connectivity index (χ1v) is 5.28. The molecular formula is C11H17N5. The lowest BCUT2D eigenvalue weighted by atomic mass is 10.3. The van der Waals surface area contributed by atoms with Crippen molar-refractivity contribution in [3.8, 4) is 0 Å². The summed E-state index contributed by atoms with van der Waals surface area (Å²) in [5.74, 6) is 0.182. The molecule has 1 aromatic rings. The number of nitrogens with two attached hydrogens (primary N) is 1. The zero-order valence-electron chi connectivity index (χ0n) is 9.64. The lowest BCUT2D eigenvalue weighted by Gasteiger charge is -2.16. The summed E-state index contributed by atoms with van der Waals surface area (Å²) >= 11 is 0. The molecule has 0 aliphatic heterocycles. The first-order valence-electron chi connectivity index (χ1n) is 5.28. The molecule has 0 aliphatic rings. The van der Waals surface area contributed by atoms with Gasteiger partial charge >= 0.3 is 0 Å². The van der Waals surface area contributed by atoms with Gasteiger partial charge in [0.2, 0.25) is 5.96 Å². The first-order chi connectivity index (χ1) is 7.67. The van der Waals surface area contributed by atoms with Crippen molar-refractivity contribution in [2.75, 3.05) is 18.8 Å². The average molecular weight is 219 g/mol. The van der Waals surface area contributed by atoms with Gasteiger partial charge in [0.25, 0.3) is 0 Å². The van der Waals surface area contributed by atoms with E-state index in [4.69, 9.17) is 11.1 Å². The number of rotatable bonds is 3. The molecule has 0 heterocycles. The SMILES string of the molecule is CCN(CC)C(=N)N=Nc1ccc(N)cc1. The largest absolute Gasteiger partial charge is 0.399 e. The Morgan fingerprint density at radius 2 is 1.81 bits per heavy atom. The molecule has 3 N–H and O–H groups in total. The number of guanidine groups is 1. The number of benzene rings is 1. The Balaban J connectivity index is 2.66. The van der Waals surface area contributed by atoms with Crippen molar-refractivity contribution in [3.05, 3.63) is 24.3 Å². The predicted molar refractivity (Wildman–Crippen MR) is 66.0 cm³/mol. The fraction of sp³-hybridized carbons (Fsp3) is 0.364. The van der Waals surface area contributed by atoms with Gasteiger partial charge in [-0.1, -0.05) is 0 Å². The first kappa shape index (κ1) is 12.2. The predicted octanol–water partition coefficient (Wildman–Crippen LogP) is 2.63. The summed E-state index contributed by atoms with van der Waals surface area (Å²) in [5, 5.41) is 15.5. The molecule has 86 valence electrons. The summed E-state index contributed by atoms with van der Waals surface area (Å²) in [7, 11) is 0. The second kappa shape index (κ2) is 5.85. The number of nitrogens with zero attached hydrogens (tertiary/aromatic N) is 3. The summed E-state index contributed by atoms with van der Waals surface area (Å²) in [6.07, 6.45) is 0. The van der Waals surface area contributed by atoms with Crippen LogP contribution < -0.4 is 5.73 Å². The molecule has 5 nitrogen and oxygen atoms in total. The van der Waals surface area contributed by atoms with Gasteiger partial charge in [0.1, 0.15) is 0 Å². The van der Waals surface area contributed by atoms with Crippen molar-refractivity contribution in [2.45, 2.75) is 13.8 Å². The van der Waals surface area contributed by atoms with Crippen LogP contribution in [0.4, 0.5) is 11.4 Å². The quantitative estimate of drug-likeness (QED) is 0.355. The van der Waals surface area contributed by atoms with E-state index in [1.807, 2.05) is 18.7 Å². The van der Waals surface area contributed by atoms with Gasteiger partial charge in [-0.05, 0) is 38.1 Å². The lowest BCUT2D eigenvalue weighted by Crippen LogP contribution is -2.27. The molecule has 0 saturated carbocycles. The van der Waals surface area contributed by atoms with Crippen LogP contribution in [0.15, 0.2) is 34.5 Å². The molecule has 0 bridgehead atoms. The highest BCUT2D eigenvalue weighted by molar-refractivity contribution is 5.77. The van der Waals surface area contributed by atoms with Gasteiger partial charge in [0.15, 0.2) is 0 Å². The zero-order chi connectivity index (χ0) is 12.0. The molecule has 16 heavy (non-hydrogen) atoms. The molecule has 1 rings (SSSR count). The number of anilines is 1. The molecule has 0 fully saturated rings. The van der Waals surface area contributed by atoms with E-state index in [1.165, 1.54) is 0 Å². The minimum Gasteiger partial charge on any atom is -0.399 e. The second-order valence-electron chi connectivity index (χ2n) is 3.29. The number of nitrogen functional groups attached to an aromatic ring is 1. The normalized spacial score (nSPS) is 10.6. The van der Waals surface area contributed by atoms with Crippen LogP contribution in [0.25, 0.3) is 0 Å². The second-order valence-corrected chi connectivity index (χ2v) is 3.29. The third-order valence-corrected chi connectivity index (χ3v) is 2.22. The van der Waals surface area contributed by atoms with Crippen LogP contribution in [0.5, 0.6) is 0 Å². The maximum absolute atomic E-state index is 7.68. The smallest absolute Gasteiger partial charge is 0.237 e. The fourth-order valence-corrected chi connectivity index (χ4v) is 1.23. The van der Waals surface area contributed by atoms with E-state index in [0.717, 1.165) is 13.1 Å². The van der Waals surface area contributed by atoms with E-state index in [-0.39, 0.29) is 5.96 Å². The number of azo groups is 1. The Labute approximate surface area is 95.5 Å². The van der Waals surface area contributed by atoms with Crippen LogP contribution in [0, 0.1) is 5.41 Å². The molecular weight excluding hydrogens is 202 g/mol.